The number of halogens is 12. The minimum Gasteiger partial charge on any atom is -0.662 e. The molecule has 1 nitrogen and oxygen atoms in total. The Labute approximate surface area is 128 Å². The number of rotatable bonds is 10. The molecule has 0 heterocycles. The van der Waals surface area contributed by atoms with Crippen molar-refractivity contribution < 1.29 is 52.7 Å². The molecule has 13 heteroatoms. The largest absolute Gasteiger partial charge is 0.662 e. The predicted molar refractivity (Wildman–Crippen MR) is 58.7 cm³/mol. The number of hydrogen-bond donors (Lipinski definition) is 0. The second-order valence-electron chi connectivity index (χ2n) is 4.72. The van der Waals surface area contributed by atoms with E-state index in [1.54, 1.807) is 0 Å². The Morgan fingerprint density at radius 2 is 1.21 bits per heavy atom. The van der Waals surface area contributed by atoms with Crippen LogP contribution >= 0.6 is 0 Å². The molecule has 0 aromatic rings. The van der Waals surface area contributed by atoms with Gasteiger partial charge in [0, 0.05) is 6.42 Å². The maximum atomic E-state index is 13.2. The lowest BCUT2D eigenvalue weighted by atomic mass is 9.92. The summed E-state index contributed by atoms with van der Waals surface area (Å²) in [4.78, 5) is 0. The Balaban J connectivity index is 5.64. The Bertz CT molecular complexity index is 406. The first-order valence-corrected chi connectivity index (χ1v) is 6.31. The van der Waals surface area contributed by atoms with Crippen molar-refractivity contribution in [2.45, 2.75) is 55.8 Å². The molecule has 0 aromatic carbocycles. The fourth-order valence-corrected chi connectivity index (χ4v) is 1.50. The summed E-state index contributed by atoms with van der Waals surface area (Å²) < 4.78 is 153. The van der Waals surface area contributed by atoms with Gasteiger partial charge in [-0.1, -0.05) is 13.3 Å². The van der Waals surface area contributed by atoms with E-state index in [1.807, 2.05) is 0 Å². The molecule has 0 bridgehead atoms. The van der Waals surface area contributed by atoms with Gasteiger partial charge in [-0.3, -0.25) is 0 Å². The lowest BCUT2D eigenvalue weighted by Crippen LogP contribution is -2.68. The van der Waals surface area contributed by atoms with Crippen LogP contribution in [0.25, 0.3) is 5.32 Å². The first kappa shape index (κ1) is 23.1. The zero-order valence-electron chi connectivity index (χ0n) is 11.9. The highest BCUT2D eigenvalue weighted by Crippen LogP contribution is 2.58. The SMILES string of the molecule is CC[N-]CCCC(F)(F)C(F)(F)C(F)(F)C(F)(F)C(F)(F)C(F)F. The first-order valence-electron chi connectivity index (χ1n) is 6.31. The average Bonchev–Trinajstić information content (AvgIpc) is 2.42. The normalized spacial score (nSPS) is 15.2. The Morgan fingerprint density at radius 3 is 1.58 bits per heavy atom. The van der Waals surface area contributed by atoms with Crippen LogP contribution in [0.2, 0.25) is 0 Å². The van der Waals surface area contributed by atoms with E-state index in [2.05, 4.69) is 5.32 Å². The van der Waals surface area contributed by atoms with Gasteiger partial charge < -0.3 is 5.32 Å². The summed E-state index contributed by atoms with van der Waals surface area (Å²) in [5.74, 6) is -34.7. The highest BCUT2D eigenvalue weighted by atomic mass is 19.4. The standard InChI is InChI=1S/C11H12F12N/c1-2-24-5-3-4-7(14,15)9(18,19)11(22,23)10(20,21)8(16,17)6(12)13/h6H,2-5H2,1H3/q-1. The second kappa shape index (κ2) is 7.16. The zero-order chi connectivity index (χ0) is 19.6. The Kier molecular flexibility index (Phi) is 6.90. The minimum absolute atomic E-state index is 0.0663. The second-order valence-corrected chi connectivity index (χ2v) is 4.72. The van der Waals surface area contributed by atoms with E-state index in [0.29, 0.717) is 0 Å². The summed E-state index contributed by atoms with van der Waals surface area (Å²) in [6.07, 6.45) is -8.51. The smallest absolute Gasteiger partial charge is 0.384 e. The molecule has 0 unspecified atom stereocenters. The van der Waals surface area contributed by atoms with Gasteiger partial charge in [0.1, 0.15) is 0 Å². The molecular weight excluding hydrogens is 374 g/mol. The van der Waals surface area contributed by atoms with Crippen molar-refractivity contribution in [3.63, 3.8) is 0 Å². The summed E-state index contributed by atoms with van der Waals surface area (Å²) in [5.41, 5.74) is 0. The Morgan fingerprint density at radius 1 is 0.750 bits per heavy atom. The van der Waals surface area contributed by atoms with Crippen molar-refractivity contribution in [2.24, 2.45) is 0 Å². The van der Waals surface area contributed by atoms with Crippen LogP contribution in [0.5, 0.6) is 0 Å². The molecule has 0 atom stereocenters. The summed E-state index contributed by atoms with van der Waals surface area (Å²) in [6.45, 7) is 0.988. The molecule has 0 spiro atoms. The molecule has 0 fully saturated rings. The molecule has 0 rings (SSSR count). The van der Waals surface area contributed by atoms with Gasteiger partial charge in [0.25, 0.3) is 0 Å². The molecule has 0 radical (unpaired) electrons. The molecule has 0 saturated carbocycles. The van der Waals surface area contributed by atoms with E-state index in [9.17, 15) is 52.7 Å². The lowest BCUT2D eigenvalue weighted by molar-refractivity contribution is -0.413. The van der Waals surface area contributed by atoms with Crippen molar-refractivity contribution in [1.82, 2.24) is 0 Å². The van der Waals surface area contributed by atoms with Gasteiger partial charge in [-0.25, -0.2) is 8.78 Å². The highest BCUT2D eigenvalue weighted by Gasteiger charge is 2.87. The molecule has 0 aromatic heterocycles. The molecule has 0 aliphatic rings. The third-order valence-electron chi connectivity index (χ3n) is 2.97. The molecule has 0 N–H and O–H groups in total. The van der Waals surface area contributed by atoms with Gasteiger partial charge in [0.05, 0.1) is 0 Å². The van der Waals surface area contributed by atoms with E-state index in [-0.39, 0.29) is 6.54 Å². The van der Waals surface area contributed by atoms with E-state index in [0.717, 1.165) is 0 Å². The maximum absolute atomic E-state index is 13.2. The van der Waals surface area contributed by atoms with Crippen LogP contribution in [0, 0.1) is 0 Å². The van der Waals surface area contributed by atoms with E-state index >= 15 is 0 Å². The fraction of sp³-hybridized carbons (Fsp3) is 1.00. The molecule has 0 aliphatic heterocycles. The van der Waals surface area contributed by atoms with E-state index < -0.39 is 55.4 Å². The quantitative estimate of drug-likeness (QED) is 0.343. The van der Waals surface area contributed by atoms with Gasteiger partial charge in [-0.15, -0.1) is 6.54 Å². The van der Waals surface area contributed by atoms with Gasteiger partial charge in [0.15, 0.2) is 0 Å². The first-order chi connectivity index (χ1) is 10.5. The molecule has 24 heavy (non-hydrogen) atoms. The summed E-state index contributed by atoms with van der Waals surface area (Å²) in [5, 5.41) is 3.40. The zero-order valence-corrected chi connectivity index (χ0v) is 11.9. The third-order valence-corrected chi connectivity index (χ3v) is 2.97. The summed E-state index contributed by atoms with van der Waals surface area (Å²) in [7, 11) is 0. The van der Waals surface area contributed by atoms with Crippen LogP contribution < -0.4 is 0 Å². The average molecular weight is 386 g/mol. The van der Waals surface area contributed by atoms with Crippen LogP contribution in [0.1, 0.15) is 19.8 Å². The number of nitrogens with zero attached hydrogens (tertiary/aromatic N) is 1. The van der Waals surface area contributed by atoms with Crippen LogP contribution in [0.15, 0.2) is 0 Å². The maximum Gasteiger partial charge on any atom is 0.384 e. The Hall–Kier alpha value is -0.880. The predicted octanol–water partition coefficient (Wildman–Crippen LogP) is 5.60. The molecule has 0 amide bonds. The van der Waals surface area contributed by atoms with Gasteiger partial charge in [-0.05, 0) is 0 Å². The van der Waals surface area contributed by atoms with Crippen LogP contribution in [0.3, 0.4) is 0 Å². The lowest BCUT2D eigenvalue weighted by Gasteiger charge is -2.39. The molecule has 0 saturated heterocycles. The van der Waals surface area contributed by atoms with Crippen molar-refractivity contribution in [3.05, 3.63) is 5.32 Å². The number of alkyl halides is 12. The van der Waals surface area contributed by atoms with Crippen LogP contribution in [0.4, 0.5) is 52.7 Å². The van der Waals surface area contributed by atoms with E-state index in [4.69, 9.17) is 0 Å². The van der Waals surface area contributed by atoms with Crippen molar-refractivity contribution in [2.75, 3.05) is 13.1 Å². The van der Waals surface area contributed by atoms with E-state index in [1.165, 1.54) is 6.92 Å². The topological polar surface area (TPSA) is 14.1 Å². The number of hydrogen-bond acceptors (Lipinski definition) is 0. The molecule has 0 aliphatic carbocycles. The van der Waals surface area contributed by atoms with Crippen LogP contribution in [-0.2, 0) is 0 Å². The van der Waals surface area contributed by atoms with Crippen molar-refractivity contribution >= 4 is 0 Å². The third kappa shape index (κ3) is 3.69. The van der Waals surface area contributed by atoms with Crippen molar-refractivity contribution in [1.29, 1.82) is 0 Å². The monoisotopic (exact) mass is 386 g/mol. The highest BCUT2D eigenvalue weighted by molar-refractivity contribution is 5.09. The summed E-state index contributed by atoms with van der Waals surface area (Å²) >= 11 is 0. The van der Waals surface area contributed by atoms with Crippen molar-refractivity contribution in [3.8, 4) is 0 Å². The molecule has 146 valence electrons. The van der Waals surface area contributed by atoms with Crippen LogP contribution in [-0.4, -0.2) is 49.1 Å². The minimum atomic E-state index is -7.44. The van der Waals surface area contributed by atoms with Gasteiger partial charge in [-0.2, -0.15) is 50.4 Å². The molecular formula is C11H12F12N-. The van der Waals surface area contributed by atoms with Gasteiger partial charge >= 0.3 is 36.0 Å². The summed E-state index contributed by atoms with van der Waals surface area (Å²) in [6, 6.07) is 0. The van der Waals surface area contributed by atoms with Gasteiger partial charge in [0.2, 0.25) is 0 Å². The fourth-order valence-electron chi connectivity index (χ4n) is 1.50.